The van der Waals surface area contributed by atoms with E-state index in [-0.39, 0.29) is 18.2 Å². The number of halogens is 1. The molecule has 0 spiro atoms. The minimum Gasteiger partial charge on any atom is -0.494 e. The molecule has 17 heavy (non-hydrogen) atoms. The van der Waals surface area contributed by atoms with Gasteiger partial charge in [-0.05, 0) is 37.5 Å². The standard InChI is InChI=1S/C13H17FO3/c1-3-9(7-13(15)16)11-8-10(14)5-6-12(11)17-4-2/h5-6,8-9H,3-4,7H2,1-2H3,(H,15,16). The molecule has 0 fully saturated rings. The van der Waals surface area contributed by atoms with Crippen LogP contribution in [0.25, 0.3) is 0 Å². The van der Waals surface area contributed by atoms with Crippen LogP contribution in [0.1, 0.15) is 38.2 Å². The Morgan fingerprint density at radius 3 is 2.71 bits per heavy atom. The summed E-state index contributed by atoms with van der Waals surface area (Å²) in [4.78, 5) is 10.8. The van der Waals surface area contributed by atoms with E-state index in [1.165, 1.54) is 12.1 Å². The van der Waals surface area contributed by atoms with Crippen molar-refractivity contribution in [2.45, 2.75) is 32.6 Å². The first kappa shape index (κ1) is 13.5. The molecule has 0 aliphatic heterocycles. The van der Waals surface area contributed by atoms with Gasteiger partial charge in [-0.25, -0.2) is 4.39 Å². The first-order valence-corrected chi connectivity index (χ1v) is 5.72. The van der Waals surface area contributed by atoms with Gasteiger partial charge in [0.15, 0.2) is 0 Å². The molecular formula is C13H17FO3. The van der Waals surface area contributed by atoms with Gasteiger partial charge in [0.25, 0.3) is 0 Å². The number of ether oxygens (including phenoxy) is 1. The van der Waals surface area contributed by atoms with Crippen molar-refractivity contribution in [1.82, 2.24) is 0 Å². The van der Waals surface area contributed by atoms with Crippen LogP contribution in [0.5, 0.6) is 5.75 Å². The SMILES string of the molecule is CCOc1ccc(F)cc1C(CC)CC(=O)O. The molecule has 1 N–H and O–H groups in total. The van der Waals surface area contributed by atoms with Crippen molar-refractivity contribution in [3.05, 3.63) is 29.6 Å². The summed E-state index contributed by atoms with van der Waals surface area (Å²) in [6, 6.07) is 4.24. The lowest BCUT2D eigenvalue weighted by Gasteiger charge is -2.17. The van der Waals surface area contributed by atoms with Gasteiger partial charge in [0.1, 0.15) is 11.6 Å². The summed E-state index contributed by atoms with van der Waals surface area (Å²) in [7, 11) is 0. The van der Waals surface area contributed by atoms with Gasteiger partial charge in [0, 0.05) is 5.56 Å². The van der Waals surface area contributed by atoms with Gasteiger partial charge in [-0.2, -0.15) is 0 Å². The van der Waals surface area contributed by atoms with E-state index >= 15 is 0 Å². The van der Waals surface area contributed by atoms with E-state index < -0.39 is 5.97 Å². The Hall–Kier alpha value is -1.58. The zero-order valence-electron chi connectivity index (χ0n) is 10.1. The molecule has 0 aliphatic carbocycles. The van der Waals surface area contributed by atoms with Gasteiger partial charge in [-0.1, -0.05) is 6.92 Å². The second kappa shape index (κ2) is 6.23. The fraction of sp³-hybridized carbons (Fsp3) is 0.462. The van der Waals surface area contributed by atoms with Crippen molar-refractivity contribution in [2.24, 2.45) is 0 Å². The minimum absolute atomic E-state index is 0.0139. The summed E-state index contributed by atoms with van der Waals surface area (Å²) >= 11 is 0. The van der Waals surface area contributed by atoms with Gasteiger partial charge in [0.2, 0.25) is 0 Å². The van der Waals surface area contributed by atoms with E-state index in [9.17, 15) is 9.18 Å². The normalized spacial score (nSPS) is 12.2. The summed E-state index contributed by atoms with van der Waals surface area (Å²) in [6.07, 6.45) is 0.621. The fourth-order valence-electron chi connectivity index (χ4n) is 1.81. The monoisotopic (exact) mass is 240 g/mol. The molecule has 0 radical (unpaired) electrons. The van der Waals surface area contributed by atoms with E-state index in [0.29, 0.717) is 24.3 Å². The van der Waals surface area contributed by atoms with Crippen molar-refractivity contribution >= 4 is 5.97 Å². The molecule has 1 rings (SSSR count). The van der Waals surface area contributed by atoms with Crippen molar-refractivity contribution in [3.8, 4) is 5.75 Å². The summed E-state index contributed by atoms with van der Waals surface area (Å²) in [5, 5.41) is 8.83. The average molecular weight is 240 g/mol. The van der Waals surface area contributed by atoms with Gasteiger partial charge in [-0.3, -0.25) is 4.79 Å². The van der Waals surface area contributed by atoms with Crippen molar-refractivity contribution in [2.75, 3.05) is 6.61 Å². The number of aliphatic carboxylic acids is 1. The molecule has 94 valence electrons. The largest absolute Gasteiger partial charge is 0.494 e. The highest BCUT2D eigenvalue weighted by Gasteiger charge is 2.18. The smallest absolute Gasteiger partial charge is 0.303 e. The molecule has 0 saturated carbocycles. The molecule has 4 heteroatoms. The van der Waals surface area contributed by atoms with E-state index in [1.54, 1.807) is 6.07 Å². The third kappa shape index (κ3) is 3.73. The van der Waals surface area contributed by atoms with Gasteiger partial charge in [0.05, 0.1) is 13.0 Å². The Kier molecular flexibility index (Phi) is 4.94. The summed E-state index contributed by atoms with van der Waals surface area (Å²) in [6.45, 7) is 4.20. The second-order valence-corrected chi connectivity index (χ2v) is 3.82. The molecule has 3 nitrogen and oxygen atoms in total. The molecule has 1 unspecified atom stereocenters. The molecule has 0 aliphatic rings. The van der Waals surface area contributed by atoms with Gasteiger partial charge < -0.3 is 9.84 Å². The Balaban J connectivity index is 3.06. The summed E-state index contributed by atoms with van der Waals surface area (Å²) in [5.41, 5.74) is 0.636. The molecule has 0 heterocycles. The zero-order chi connectivity index (χ0) is 12.8. The third-order valence-electron chi connectivity index (χ3n) is 2.63. The van der Waals surface area contributed by atoms with Gasteiger partial charge in [-0.15, -0.1) is 0 Å². The van der Waals surface area contributed by atoms with Crippen LogP contribution in [0.2, 0.25) is 0 Å². The Labute approximate surface area is 100 Å². The van der Waals surface area contributed by atoms with Crippen LogP contribution < -0.4 is 4.74 Å². The quantitative estimate of drug-likeness (QED) is 0.830. The molecule has 0 bridgehead atoms. The van der Waals surface area contributed by atoms with Crippen LogP contribution in [0.3, 0.4) is 0 Å². The first-order valence-electron chi connectivity index (χ1n) is 5.72. The Morgan fingerprint density at radius 1 is 1.47 bits per heavy atom. The molecule has 0 saturated heterocycles. The third-order valence-corrected chi connectivity index (χ3v) is 2.63. The lowest BCUT2D eigenvalue weighted by molar-refractivity contribution is -0.137. The number of hydrogen-bond acceptors (Lipinski definition) is 2. The topological polar surface area (TPSA) is 46.5 Å². The van der Waals surface area contributed by atoms with Crippen molar-refractivity contribution in [1.29, 1.82) is 0 Å². The molecule has 1 atom stereocenters. The Bertz CT molecular complexity index is 390. The Morgan fingerprint density at radius 2 is 2.18 bits per heavy atom. The summed E-state index contributed by atoms with van der Waals surface area (Å²) in [5.74, 6) is -0.900. The number of carboxylic acids is 1. The second-order valence-electron chi connectivity index (χ2n) is 3.82. The van der Waals surface area contributed by atoms with Crippen molar-refractivity contribution < 1.29 is 19.0 Å². The maximum atomic E-state index is 13.2. The van der Waals surface area contributed by atoms with Crippen LogP contribution in [0, 0.1) is 5.82 Å². The van der Waals surface area contributed by atoms with E-state index in [0.717, 1.165) is 0 Å². The fourth-order valence-corrected chi connectivity index (χ4v) is 1.81. The zero-order valence-corrected chi connectivity index (χ0v) is 10.1. The van der Waals surface area contributed by atoms with Crippen molar-refractivity contribution in [3.63, 3.8) is 0 Å². The van der Waals surface area contributed by atoms with Crippen LogP contribution in [0.4, 0.5) is 4.39 Å². The average Bonchev–Trinajstić information content (AvgIpc) is 2.28. The first-order chi connectivity index (χ1) is 8.08. The molecule has 0 amide bonds. The highest BCUT2D eigenvalue weighted by molar-refractivity contribution is 5.68. The maximum absolute atomic E-state index is 13.2. The number of benzene rings is 1. The highest BCUT2D eigenvalue weighted by atomic mass is 19.1. The highest BCUT2D eigenvalue weighted by Crippen LogP contribution is 2.32. The minimum atomic E-state index is -0.886. The predicted octanol–water partition coefficient (Wildman–Crippen LogP) is 3.19. The van der Waals surface area contributed by atoms with Gasteiger partial charge >= 0.3 is 5.97 Å². The number of carbonyl (C=O) groups is 1. The lowest BCUT2D eigenvalue weighted by Crippen LogP contribution is -2.08. The van der Waals surface area contributed by atoms with Crippen LogP contribution in [-0.2, 0) is 4.79 Å². The number of carboxylic acid groups (broad SMARTS) is 1. The lowest BCUT2D eigenvalue weighted by atomic mass is 9.92. The van der Waals surface area contributed by atoms with E-state index in [4.69, 9.17) is 9.84 Å². The summed E-state index contributed by atoms with van der Waals surface area (Å²) < 4.78 is 18.6. The van der Waals surface area contributed by atoms with Crippen LogP contribution >= 0.6 is 0 Å². The van der Waals surface area contributed by atoms with E-state index in [2.05, 4.69) is 0 Å². The molecule has 1 aromatic carbocycles. The molecular weight excluding hydrogens is 223 g/mol. The predicted molar refractivity (Wildman–Crippen MR) is 62.9 cm³/mol. The molecule has 1 aromatic rings. The molecule has 0 aromatic heterocycles. The van der Waals surface area contributed by atoms with E-state index in [1.807, 2.05) is 13.8 Å². The van der Waals surface area contributed by atoms with Crippen LogP contribution in [-0.4, -0.2) is 17.7 Å². The maximum Gasteiger partial charge on any atom is 0.303 e. The number of rotatable bonds is 6. The number of hydrogen-bond donors (Lipinski definition) is 1. The van der Waals surface area contributed by atoms with Crippen LogP contribution in [0.15, 0.2) is 18.2 Å².